The number of hydrogen-bond acceptors (Lipinski definition) is 4. The fourth-order valence-corrected chi connectivity index (χ4v) is 2.93. The van der Waals surface area contributed by atoms with Crippen LogP contribution >= 0.6 is 24.0 Å². The summed E-state index contributed by atoms with van der Waals surface area (Å²) in [5.74, 6) is 2.47. The van der Waals surface area contributed by atoms with Gasteiger partial charge in [0.05, 0.1) is 13.2 Å². The molecule has 3 aromatic rings. The second-order valence-corrected chi connectivity index (χ2v) is 6.98. The van der Waals surface area contributed by atoms with Crippen molar-refractivity contribution in [2.45, 2.75) is 40.3 Å². The first-order valence-corrected chi connectivity index (χ1v) is 10.4. The molecule has 8 heteroatoms. The monoisotopic (exact) mass is 534 g/mol. The average molecular weight is 534 g/mol. The van der Waals surface area contributed by atoms with E-state index in [1.807, 2.05) is 24.4 Å². The van der Waals surface area contributed by atoms with Crippen molar-refractivity contribution < 1.29 is 4.74 Å². The van der Waals surface area contributed by atoms with E-state index in [1.54, 1.807) is 17.1 Å². The van der Waals surface area contributed by atoms with Crippen LogP contribution in [0.3, 0.4) is 0 Å². The number of halogens is 1. The van der Waals surface area contributed by atoms with Crippen molar-refractivity contribution in [2.75, 3.05) is 13.2 Å². The van der Waals surface area contributed by atoms with E-state index in [0.717, 1.165) is 41.6 Å². The van der Waals surface area contributed by atoms with E-state index in [1.165, 1.54) is 5.56 Å². The molecule has 0 aliphatic carbocycles. The van der Waals surface area contributed by atoms with Crippen molar-refractivity contribution in [3.8, 4) is 11.6 Å². The molecule has 0 aliphatic heterocycles. The number of guanidine groups is 1. The minimum Gasteiger partial charge on any atom is -0.493 e. The highest BCUT2D eigenvalue weighted by atomic mass is 127. The molecular weight excluding hydrogens is 503 g/mol. The Morgan fingerprint density at radius 2 is 2.00 bits per heavy atom. The molecule has 2 N–H and O–H groups in total. The second-order valence-electron chi connectivity index (χ2n) is 6.98. The molecule has 7 nitrogen and oxygen atoms in total. The molecule has 31 heavy (non-hydrogen) atoms. The van der Waals surface area contributed by atoms with Gasteiger partial charge in [-0.2, -0.15) is 5.10 Å². The predicted molar refractivity (Wildman–Crippen MR) is 135 cm³/mol. The third-order valence-corrected chi connectivity index (χ3v) is 4.44. The summed E-state index contributed by atoms with van der Waals surface area (Å²) in [4.78, 5) is 9.10. The molecule has 0 amide bonds. The zero-order valence-electron chi connectivity index (χ0n) is 18.3. The lowest BCUT2D eigenvalue weighted by molar-refractivity contribution is 0.313. The molecular formula is C23H31IN6O. The van der Waals surface area contributed by atoms with E-state index >= 15 is 0 Å². The van der Waals surface area contributed by atoms with Gasteiger partial charge in [0.15, 0.2) is 11.8 Å². The van der Waals surface area contributed by atoms with E-state index in [0.29, 0.717) is 19.7 Å². The van der Waals surface area contributed by atoms with E-state index in [4.69, 9.17) is 9.73 Å². The number of ether oxygens (including phenoxy) is 1. The Kier molecular flexibility index (Phi) is 10.3. The lowest BCUT2D eigenvalue weighted by atomic mass is 10.1. The van der Waals surface area contributed by atoms with Gasteiger partial charge in [-0.15, -0.1) is 24.0 Å². The minimum atomic E-state index is 0. The van der Waals surface area contributed by atoms with Crippen molar-refractivity contribution in [3.63, 3.8) is 0 Å². The summed E-state index contributed by atoms with van der Waals surface area (Å²) in [7, 11) is 0. The van der Waals surface area contributed by atoms with E-state index in [9.17, 15) is 0 Å². The summed E-state index contributed by atoms with van der Waals surface area (Å²) in [6.07, 6.45) is 6.38. The smallest absolute Gasteiger partial charge is 0.191 e. The lowest BCUT2D eigenvalue weighted by Gasteiger charge is -2.15. The van der Waals surface area contributed by atoms with E-state index < -0.39 is 0 Å². The first-order valence-electron chi connectivity index (χ1n) is 10.4. The Bertz CT molecular complexity index is 958. The SMILES string of the molecule is CCCOc1cc(C)ccc1CNC(=NCc1ccnc(-n2cccn2)c1)NCC.I. The Labute approximate surface area is 201 Å². The van der Waals surface area contributed by atoms with Crippen LogP contribution in [-0.2, 0) is 13.1 Å². The van der Waals surface area contributed by atoms with E-state index in [-0.39, 0.29) is 24.0 Å². The van der Waals surface area contributed by atoms with Gasteiger partial charge in [0.2, 0.25) is 0 Å². The number of nitrogens with one attached hydrogen (secondary N) is 2. The van der Waals surface area contributed by atoms with Gasteiger partial charge in [0, 0.05) is 37.2 Å². The molecule has 0 aliphatic rings. The number of nitrogens with zero attached hydrogens (tertiary/aromatic N) is 4. The van der Waals surface area contributed by atoms with Gasteiger partial charge in [-0.1, -0.05) is 19.1 Å². The molecule has 0 saturated carbocycles. The van der Waals surface area contributed by atoms with Gasteiger partial charge in [-0.25, -0.2) is 14.7 Å². The van der Waals surface area contributed by atoms with Gasteiger partial charge in [0.1, 0.15) is 5.75 Å². The lowest BCUT2D eigenvalue weighted by Crippen LogP contribution is -2.36. The first-order chi connectivity index (χ1) is 14.7. The average Bonchev–Trinajstić information content (AvgIpc) is 3.30. The number of rotatable bonds is 9. The van der Waals surface area contributed by atoms with Crippen LogP contribution in [0.5, 0.6) is 5.75 Å². The molecule has 166 valence electrons. The number of benzene rings is 1. The highest BCUT2D eigenvalue weighted by molar-refractivity contribution is 14.0. The normalized spacial score (nSPS) is 11.0. The van der Waals surface area contributed by atoms with Crippen molar-refractivity contribution >= 4 is 29.9 Å². The summed E-state index contributed by atoms with van der Waals surface area (Å²) in [6.45, 7) is 8.92. The topological polar surface area (TPSA) is 76.4 Å². The van der Waals surface area contributed by atoms with Crippen molar-refractivity contribution in [1.29, 1.82) is 0 Å². The number of aryl methyl sites for hydroxylation is 1. The molecule has 0 saturated heterocycles. The standard InChI is InChI=1S/C23H30N6O.HI/c1-4-13-30-21-14-18(3)7-8-20(21)17-27-23(24-5-2)26-16-19-9-11-25-22(15-19)29-12-6-10-28-29;/h6-12,14-15H,4-5,13,16-17H2,1-3H3,(H2,24,26,27);1H. The van der Waals surface area contributed by atoms with Crippen LogP contribution in [0, 0.1) is 6.92 Å². The largest absolute Gasteiger partial charge is 0.493 e. The van der Waals surface area contributed by atoms with Crippen LogP contribution in [0.2, 0.25) is 0 Å². The molecule has 0 spiro atoms. The molecule has 0 radical (unpaired) electrons. The Morgan fingerprint density at radius 3 is 2.74 bits per heavy atom. The van der Waals surface area contributed by atoms with Crippen LogP contribution in [0.25, 0.3) is 5.82 Å². The molecule has 0 atom stereocenters. The van der Waals surface area contributed by atoms with Crippen molar-refractivity contribution in [1.82, 2.24) is 25.4 Å². The molecule has 3 rings (SSSR count). The number of hydrogen-bond donors (Lipinski definition) is 2. The quantitative estimate of drug-likeness (QED) is 0.244. The summed E-state index contributed by atoms with van der Waals surface area (Å²) in [5.41, 5.74) is 3.37. The molecule has 2 aromatic heterocycles. The third-order valence-electron chi connectivity index (χ3n) is 4.44. The van der Waals surface area contributed by atoms with Crippen LogP contribution in [0.1, 0.15) is 37.0 Å². The van der Waals surface area contributed by atoms with Crippen molar-refractivity contribution in [2.24, 2.45) is 4.99 Å². The summed E-state index contributed by atoms with van der Waals surface area (Å²) < 4.78 is 7.66. The van der Waals surface area contributed by atoms with Crippen LogP contribution in [-0.4, -0.2) is 33.9 Å². The van der Waals surface area contributed by atoms with Crippen LogP contribution < -0.4 is 15.4 Å². The zero-order valence-corrected chi connectivity index (χ0v) is 20.7. The maximum Gasteiger partial charge on any atom is 0.191 e. The maximum atomic E-state index is 5.92. The maximum absolute atomic E-state index is 5.92. The number of aromatic nitrogens is 3. The number of aliphatic imine (C=N–C) groups is 1. The van der Waals surface area contributed by atoms with Gasteiger partial charge >= 0.3 is 0 Å². The highest BCUT2D eigenvalue weighted by Gasteiger charge is 2.06. The van der Waals surface area contributed by atoms with Crippen LogP contribution in [0.15, 0.2) is 60.0 Å². The van der Waals surface area contributed by atoms with Gasteiger partial charge < -0.3 is 15.4 Å². The third kappa shape index (κ3) is 7.54. The van der Waals surface area contributed by atoms with Gasteiger partial charge in [-0.3, -0.25) is 0 Å². The second kappa shape index (κ2) is 12.9. The Hall–Kier alpha value is -2.62. The molecule has 0 fully saturated rings. The summed E-state index contributed by atoms with van der Waals surface area (Å²) in [5, 5.41) is 10.9. The fourth-order valence-electron chi connectivity index (χ4n) is 2.93. The van der Waals surface area contributed by atoms with E-state index in [2.05, 4.69) is 59.7 Å². The van der Waals surface area contributed by atoms with Crippen molar-refractivity contribution in [3.05, 3.63) is 71.7 Å². The van der Waals surface area contributed by atoms with Gasteiger partial charge in [0.25, 0.3) is 0 Å². The molecule has 0 bridgehead atoms. The van der Waals surface area contributed by atoms with Gasteiger partial charge in [-0.05, 0) is 55.7 Å². The summed E-state index contributed by atoms with van der Waals surface area (Å²) in [6, 6.07) is 12.1. The predicted octanol–water partition coefficient (Wildman–Crippen LogP) is 4.24. The molecule has 1 aromatic carbocycles. The van der Waals surface area contributed by atoms with Crippen LogP contribution in [0.4, 0.5) is 0 Å². The highest BCUT2D eigenvalue weighted by Crippen LogP contribution is 2.20. The summed E-state index contributed by atoms with van der Waals surface area (Å²) >= 11 is 0. The Morgan fingerprint density at radius 1 is 1.13 bits per heavy atom. The molecule has 2 heterocycles. The minimum absolute atomic E-state index is 0. The first kappa shape index (κ1) is 24.6. The zero-order chi connectivity index (χ0) is 21.2. The number of pyridine rings is 1. The molecule has 0 unspecified atom stereocenters. The Balaban J connectivity index is 0.00000341. The fraction of sp³-hybridized carbons (Fsp3) is 0.348.